The van der Waals surface area contributed by atoms with Crippen LogP contribution in [-0.4, -0.2) is 21.9 Å². The molecule has 0 bridgehead atoms. The number of nitrogens with zero attached hydrogens (tertiary/aromatic N) is 1. The van der Waals surface area contributed by atoms with Gasteiger partial charge in [0.2, 0.25) is 0 Å². The summed E-state index contributed by atoms with van der Waals surface area (Å²) >= 11 is 11.9. The molecule has 2 aromatic rings. The molecule has 1 aliphatic heterocycles. The van der Waals surface area contributed by atoms with Gasteiger partial charge in [0.05, 0.1) is 16.6 Å². The Bertz CT molecular complexity index is 931. The number of carbonyl (C=O) groups is 2. The molecule has 2 N–H and O–H groups in total. The average Bonchev–Trinajstić information content (AvgIpc) is 2.83. The molecular weight excluding hydrogens is 375 g/mol. The first-order chi connectivity index (χ1) is 12.3. The van der Waals surface area contributed by atoms with Crippen molar-refractivity contribution in [3.8, 4) is 5.75 Å². The highest BCUT2D eigenvalue weighted by Crippen LogP contribution is 2.26. The molecule has 7 heteroatoms. The maximum absolute atomic E-state index is 12.6. The van der Waals surface area contributed by atoms with Crippen molar-refractivity contribution in [1.82, 2.24) is 10.2 Å². The van der Waals surface area contributed by atoms with Crippen molar-refractivity contribution in [3.63, 3.8) is 0 Å². The van der Waals surface area contributed by atoms with Crippen molar-refractivity contribution in [1.29, 1.82) is 0 Å². The largest absolute Gasteiger partial charge is 0.507 e. The van der Waals surface area contributed by atoms with E-state index in [-0.39, 0.29) is 18.0 Å². The maximum atomic E-state index is 12.6. The second-order valence-corrected chi connectivity index (χ2v) is 6.95. The molecule has 0 unspecified atom stereocenters. The lowest BCUT2D eigenvalue weighted by Gasteiger charge is -2.12. The third-order valence-electron chi connectivity index (χ3n) is 4.11. The second kappa shape index (κ2) is 7.02. The van der Waals surface area contributed by atoms with Crippen LogP contribution in [0.5, 0.6) is 5.75 Å². The van der Waals surface area contributed by atoms with Gasteiger partial charge in [-0.3, -0.25) is 9.69 Å². The van der Waals surface area contributed by atoms with Gasteiger partial charge >= 0.3 is 6.03 Å². The minimum atomic E-state index is -0.500. The van der Waals surface area contributed by atoms with Gasteiger partial charge in [-0.05, 0) is 66.4 Å². The lowest BCUT2D eigenvalue weighted by atomic mass is 10.0. The minimum Gasteiger partial charge on any atom is -0.507 e. The number of phenols is 1. The van der Waals surface area contributed by atoms with Gasteiger partial charge in [0, 0.05) is 0 Å². The van der Waals surface area contributed by atoms with Gasteiger partial charge in [-0.2, -0.15) is 0 Å². The van der Waals surface area contributed by atoms with Gasteiger partial charge < -0.3 is 10.4 Å². The second-order valence-electron chi connectivity index (χ2n) is 6.13. The molecule has 1 aliphatic rings. The molecular formula is C19H16Cl2N2O3. The van der Waals surface area contributed by atoms with Gasteiger partial charge in [-0.15, -0.1) is 0 Å². The minimum absolute atomic E-state index is 0.0898. The smallest absolute Gasteiger partial charge is 0.329 e. The van der Waals surface area contributed by atoms with Crippen molar-refractivity contribution >= 4 is 41.2 Å². The van der Waals surface area contributed by atoms with E-state index in [0.717, 1.165) is 10.5 Å². The van der Waals surface area contributed by atoms with E-state index in [4.69, 9.17) is 23.2 Å². The maximum Gasteiger partial charge on any atom is 0.329 e. The van der Waals surface area contributed by atoms with E-state index in [1.54, 1.807) is 50.3 Å². The summed E-state index contributed by atoms with van der Waals surface area (Å²) in [5, 5.41) is 13.2. The fraction of sp³-hybridized carbons (Fsp3) is 0.158. The number of aromatic hydroxyl groups is 1. The summed E-state index contributed by atoms with van der Waals surface area (Å²) < 4.78 is 0. The molecule has 3 amide bonds. The van der Waals surface area contributed by atoms with Crippen LogP contribution < -0.4 is 5.32 Å². The van der Waals surface area contributed by atoms with E-state index < -0.39 is 11.9 Å². The quantitative estimate of drug-likeness (QED) is 0.602. The molecule has 5 nitrogen and oxygen atoms in total. The van der Waals surface area contributed by atoms with E-state index in [1.807, 2.05) is 0 Å². The Morgan fingerprint density at radius 1 is 1.08 bits per heavy atom. The first-order valence-electron chi connectivity index (χ1n) is 7.85. The number of benzene rings is 2. The number of nitrogens with one attached hydrogen (secondary N) is 1. The molecule has 0 atom stereocenters. The van der Waals surface area contributed by atoms with Crippen LogP contribution in [0, 0.1) is 13.8 Å². The number of carbonyl (C=O) groups excluding carboxylic acids is 2. The van der Waals surface area contributed by atoms with Gasteiger partial charge in [-0.25, -0.2) is 4.79 Å². The monoisotopic (exact) mass is 390 g/mol. The van der Waals surface area contributed by atoms with Crippen molar-refractivity contribution in [2.24, 2.45) is 0 Å². The SMILES string of the molecule is Cc1cc(C=C2NC(=O)N(Cc3ccc(Cl)c(Cl)c3)C2=O)cc(C)c1O. The molecule has 0 aromatic heterocycles. The molecule has 0 aliphatic carbocycles. The average molecular weight is 391 g/mol. The third kappa shape index (κ3) is 3.54. The van der Waals surface area contributed by atoms with Gasteiger partial charge in [0.25, 0.3) is 5.91 Å². The predicted molar refractivity (Wildman–Crippen MR) is 101 cm³/mol. The number of hydrogen-bond donors (Lipinski definition) is 2. The molecule has 3 rings (SSSR count). The Morgan fingerprint density at radius 3 is 2.35 bits per heavy atom. The molecule has 0 spiro atoms. The van der Waals surface area contributed by atoms with Crippen LogP contribution in [0.3, 0.4) is 0 Å². The Hall–Kier alpha value is -2.50. The van der Waals surface area contributed by atoms with Crippen LogP contribution >= 0.6 is 23.2 Å². The molecule has 134 valence electrons. The Morgan fingerprint density at radius 2 is 1.73 bits per heavy atom. The molecule has 2 aromatic carbocycles. The summed E-state index contributed by atoms with van der Waals surface area (Å²) in [6, 6.07) is 7.95. The zero-order valence-corrected chi connectivity index (χ0v) is 15.6. The number of phenolic OH excluding ortho intramolecular Hbond substituents is 1. The van der Waals surface area contributed by atoms with Crippen molar-refractivity contribution in [3.05, 3.63) is 68.3 Å². The number of hydrogen-bond acceptors (Lipinski definition) is 3. The summed E-state index contributed by atoms with van der Waals surface area (Å²) in [7, 11) is 0. The Labute approximate surface area is 160 Å². The number of imide groups is 1. The van der Waals surface area contributed by atoms with Gasteiger partial charge in [0.1, 0.15) is 11.4 Å². The van der Waals surface area contributed by atoms with Crippen molar-refractivity contribution in [2.45, 2.75) is 20.4 Å². The molecule has 0 radical (unpaired) electrons. The number of rotatable bonds is 3. The first kappa shape index (κ1) is 18.3. The standard InChI is InChI=1S/C19H16Cl2N2O3/c1-10-5-13(6-11(2)17(10)24)8-16-18(25)23(19(26)22-16)9-12-3-4-14(20)15(21)7-12/h3-8,24H,9H2,1-2H3,(H,22,26). The van der Waals surface area contributed by atoms with Gasteiger partial charge in [-0.1, -0.05) is 29.3 Å². The van der Waals surface area contributed by atoms with Crippen LogP contribution in [0.1, 0.15) is 22.3 Å². The summed E-state index contributed by atoms with van der Waals surface area (Å²) in [6.45, 7) is 3.64. The Balaban J connectivity index is 1.85. The molecule has 1 heterocycles. The van der Waals surface area contributed by atoms with E-state index in [0.29, 0.717) is 26.7 Å². The summed E-state index contributed by atoms with van der Waals surface area (Å²) in [6.07, 6.45) is 1.59. The highest BCUT2D eigenvalue weighted by molar-refractivity contribution is 6.42. The van der Waals surface area contributed by atoms with Crippen molar-refractivity contribution < 1.29 is 14.7 Å². The fourth-order valence-corrected chi connectivity index (χ4v) is 3.10. The lowest BCUT2D eigenvalue weighted by molar-refractivity contribution is -0.123. The van der Waals surface area contributed by atoms with Gasteiger partial charge in [0.15, 0.2) is 0 Å². The normalized spacial score (nSPS) is 15.7. The van der Waals surface area contributed by atoms with Crippen LogP contribution in [0.2, 0.25) is 10.0 Å². The molecule has 1 saturated heterocycles. The predicted octanol–water partition coefficient (Wildman–Crippen LogP) is 4.41. The molecule has 26 heavy (non-hydrogen) atoms. The third-order valence-corrected chi connectivity index (χ3v) is 4.85. The number of amides is 3. The molecule has 1 fully saturated rings. The van der Waals surface area contributed by atoms with Crippen LogP contribution in [0.25, 0.3) is 6.08 Å². The van der Waals surface area contributed by atoms with E-state index >= 15 is 0 Å². The number of aryl methyl sites for hydroxylation is 2. The fourth-order valence-electron chi connectivity index (χ4n) is 2.78. The highest BCUT2D eigenvalue weighted by atomic mass is 35.5. The zero-order chi connectivity index (χ0) is 19.0. The summed E-state index contributed by atoms with van der Waals surface area (Å²) in [4.78, 5) is 25.9. The Kier molecular flexibility index (Phi) is 4.94. The first-order valence-corrected chi connectivity index (χ1v) is 8.60. The summed E-state index contributed by atoms with van der Waals surface area (Å²) in [5.41, 5.74) is 2.99. The summed E-state index contributed by atoms with van der Waals surface area (Å²) in [5.74, 6) is -0.209. The van der Waals surface area contributed by atoms with E-state index in [2.05, 4.69) is 5.32 Å². The van der Waals surface area contributed by atoms with E-state index in [1.165, 1.54) is 0 Å². The highest BCUT2D eigenvalue weighted by Gasteiger charge is 2.33. The zero-order valence-electron chi connectivity index (χ0n) is 14.1. The van der Waals surface area contributed by atoms with Crippen molar-refractivity contribution in [2.75, 3.05) is 0 Å². The lowest BCUT2D eigenvalue weighted by Crippen LogP contribution is -2.30. The number of halogens is 2. The topological polar surface area (TPSA) is 69.6 Å². The van der Waals surface area contributed by atoms with Crippen LogP contribution in [0.15, 0.2) is 36.0 Å². The number of urea groups is 1. The van der Waals surface area contributed by atoms with Crippen LogP contribution in [-0.2, 0) is 11.3 Å². The molecule has 0 saturated carbocycles. The van der Waals surface area contributed by atoms with Crippen LogP contribution in [0.4, 0.5) is 4.79 Å². The van der Waals surface area contributed by atoms with E-state index in [9.17, 15) is 14.7 Å².